The van der Waals surface area contributed by atoms with Gasteiger partial charge in [-0.25, -0.2) is 4.79 Å². The number of hydrogen-bond acceptors (Lipinski definition) is 4. The van der Waals surface area contributed by atoms with Crippen molar-refractivity contribution in [3.63, 3.8) is 0 Å². The van der Waals surface area contributed by atoms with Gasteiger partial charge in [-0.05, 0) is 5.56 Å². The summed E-state index contributed by atoms with van der Waals surface area (Å²) in [7, 11) is 1.43. The highest BCUT2D eigenvalue weighted by molar-refractivity contribution is 7.96. The Labute approximate surface area is 111 Å². The second-order valence-corrected chi connectivity index (χ2v) is 3.99. The third kappa shape index (κ3) is 5.20. The highest BCUT2D eigenvalue weighted by atomic mass is 32.1. The van der Waals surface area contributed by atoms with E-state index in [1.54, 1.807) is 0 Å². The van der Waals surface area contributed by atoms with Crippen LogP contribution in [0.25, 0.3) is 0 Å². The molecule has 0 aliphatic heterocycles. The van der Waals surface area contributed by atoms with E-state index in [1.165, 1.54) is 7.11 Å². The summed E-state index contributed by atoms with van der Waals surface area (Å²) in [5.41, 5.74) is 0.869. The van der Waals surface area contributed by atoms with Gasteiger partial charge in [0.25, 0.3) is 0 Å². The highest BCUT2D eigenvalue weighted by Crippen LogP contribution is 2.01. The molecular formula is C12H15NO4S. The van der Waals surface area contributed by atoms with Crippen molar-refractivity contribution in [3.05, 3.63) is 35.9 Å². The van der Waals surface area contributed by atoms with Gasteiger partial charge in [-0.2, -0.15) is 0 Å². The zero-order valence-corrected chi connectivity index (χ0v) is 10.9. The lowest BCUT2D eigenvalue weighted by atomic mass is 10.2. The molecule has 6 heteroatoms. The summed E-state index contributed by atoms with van der Waals surface area (Å²) >= 11 is 3.65. The van der Waals surface area contributed by atoms with Crippen LogP contribution in [0.5, 0.6) is 0 Å². The Hall–Kier alpha value is -1.53. The molecule has 1 rings (SSSR count). The van der Waals surface area contributed by atoms with Gasteiger partial charge in [0.1, 0.15) is 12.6 Å². The topological polar surface area (TPSA) is 64.6 Å². The molecule has 18 heavy (non-hydrogen) atoms. The Balaban J connectivity index is 2.39. The van der Waals surface area contributed by atoms with Crippen molar-refractivity contribution in [1.82, 2.24) is 5.32 Å². The van der Waals surface area contributed by atoms with E-state index in [1.807, 2.05) is 30.3 Å². The predicted molar refractivity (Wildman–Crippen MR) is 69.4 cm³/mol. The first-order valence-electron chi connectivity index (χ1n) is 5.32. The van der Waals surface area contributed by atoms with Crippen molar-refractivity contribution in [2.24, 2.45) is 0 Å². The second-order valence-electron chi connectivity index (χ2n) is 3.55. The van der Waals surface area contributed by atoms with E-state index in [9.17, 15) is 9.59 Å². The minimum Gasteiger partial charge on any atom is -0.445 e. The number of thiol groups is 1. The molecule has 0 spiro atoms. The van der Waals surface area contributed by atoms with Crippen LogP contribution in [0.3, 0.4) is 0 Å². The van der Waals surface area contributed by atoms with Crippen LogP contribution >= 0.6 is 12.6 Å². The third-order valence-electron chi connectivity index (χ3n) is 2.14. The Morgan fingerprint density at radius 3 is 2.56 bits per heavy atom. The SMILES string of the molecule is COC[C@@H](NC(=O)OCc1ccccc1)C(=O)S. The number of carbonyl (C=O) groups is 2. The molecule has 1 N–H and O–H groups in total. The third-order valence-corrected chi connectivity index (χ3v) is 2.45. The Bertz CT molecular complexity index is 396. The fraction of sp³-hybridized carbons (Fsp3) is 0.333. The van der Waals surface area contributed by atoms with Crippen LogP contribution in [0, 0.1) is 0 Å². The fourth-order valence-corrected chi connectivity index (χ4v) is 1.39. The second kappa shape index (κ2) is 7.73. The average molecular weight is 269 g/mol. The minimum absolute atomic E-state index is 0.0583. The lowest BCUT2D eigenvalue weighted by Crippen LogP contribution is -2.42. The highest BCUT2D eigenvalue weighted by Gasteiger charge is 2.18. The van der Waals surface area contributed by atoms with E-state index in [4.69, 9.17) is 9.47 Å². The monoisotopic (exact) mass is 269 g/mol. The number of alkyl carbamates (subject to hydrolysis) is 1. The summed E-state index contributed by atoms with van der Waals surface area (Å²) in [6.45, 7) is 0.204. The van der Waals surface area contributed by atoms with Crippen LogP contribution in [0.4, 0.5) is 4.79 Å². The van der Waals surface area contributed by atoms with Crippen LogP contribution in [0.15, 0.2) is 30.3 Å². The molecule has 1 atom stereocenters. The van der Waals surface area contributed by atoms with Gasteiger partial charge in [0.2, 0.25) is 5.12 Å². The van der Waals surface area contributed by atoms with Crippen LogP contribution in [-0.2, 0) is 20.9 Å². The van der Waals surface area contributed by atoms with Crippen molar-refractivity contribution in [3.8, 4) is 0 Å². The number of carbonyl (C=O) groups excluding carboxylic acids is 2. The molecular weight excluding hydrogens is 254 g/mol. The van der Waals surface area contributed by atoms with Gasteiger partial charge in [0.05, 0.1) is 6.61 Å². The van der Waals surface area contributed by atoms with Gasteiger partial charge in [-0.3, -0.25) is 4.79 Å². The van der Waals surface area contributed by atoms with Gasteiger partial charge in [0, 0.05) is 7.11 Å². The molecule has 0 heterocycles. The van der Waals surface area contributed by atoms with E-state index in [-0.39, 0.29) is 13.2 Å². The summed E-state index contributed by atoms with van der Waals surface area (Å²) in [5, 5.41) is 1.90. The van der Waals surface area contributed by atoms with Gasteiger partial charge in [0.15, 0.2) is 0 Å². The molecule has 1 amide bonds. The maximum atomic E-state index is 11.4. The number of rotatable bonds is 6. The number of nitrogens with one attached hydrogen (secondary N) is 1. The van der Waals surface area contributed by atoms with E-state index in [2.05, 4.69) is 17.9 Å². The first-order chi connectivity index (χ1) is 8.63. The molecule has 98 valence electrons. The van der Waals surface area contributed by atoms with E-state index in [0.29, 0.717) is 0 Å². The van der Waals surface area contributed by atoms with Crippen LogP contribution in [0.2, 0.25) is 0 Å². The van der Waals surface area contributed by atoms with Gasteiger partial charge < -0.3 is 14.8 Å². The molecule has 0 saturated carbocycles. The van der Waals surface area contributed by atoms with Gasteiger partial charge >= 0.3 is 6.09 Å². The lowest BCUT2D eigenvalue weighted by molar-refractivity contribution is -0.113. The maximum Gasteiger partial charge on any atom is 0.408 e. The molecule has 0 saturated heterocycles. The number of methoxy groups -OCH3 is 1. The fourth-order valence-electron chi connectivity index (χ4n) is 1.25. The normalized spacial score (nSPS) is 11.7. The molecule has 1 aromatic carbocycles. The number of benzene rings is 1. The number of hydrogen-bond donors (Lipinski definition) is 2. The summed E-state index contributed by atoms with van der Waals surface area (Å²) in [4.78, 5) is 22.5. The summed E-state index contributed by atoms with van der Waals surface area (Å²) < 4.78 is 9.75. The molecule has 0 aromatic heterocycles. The lowest BCUT2D eigenvalue weighted by Gasteiger charge is -2.14. The van der Waals surface area contributed by atoms with Crippen molar-refractivity contribution < 1.29 is 19.1 Å². The Kier molecular flexibility index (Phi) is 6.24. The van der Waals surface area contributed by atoms with Gasteiger partial charge in [-0.15, -0.1) is 12.6 Å². The van der Waals surface area contributed by atoms with Crippen LogP contribution < -0.4 is 5.32 Å². The van der Waals surface area contributed by atoms with E-state index < -0.39 is 17.3 Å². The van der Waals surface area contributed by atoms with Crippen molar-refractivity contribution in [2.45, 2.75) is 12.6 Å². The summed E-state index contributed by atoms with van der Waals surface area (Å²) in [5.74, 6) is 0. The minimum atomic E-state index is -0.804. The first kappa shape index (κ1) is 14.5. The van der Waals surface area contributed by atoms with Crippen molar-refractivity contribution in [1.29, 1.82) is 0 Å². The van der Waals surface area contributed by atoms with E-state index in [0.717, 1.165) is 5.56 Å². The zero-order chi connectivity index (χ0) is 13.4. The number of amides is 1. The molecule has 0 unspecified atom stereocenters. The van der Waals surface area contributed by atoms with E-state index >= 15 is 0 Å². The molecule has 0 radical (unpaired) electrons. The van der Waals surface area contributed by atoms with Crippen LogP contribution in [0.1, 0.15) is 5.56 Å². The Morgan fingerprint density at radius 2 is 2.00 bits per heavy atom. The zero-order valence-electron chi connectivity index (χ0n) is 9.96. The molecule has 0 aliphatic carbocycles. The quantitative estimate of drug-likeness (QED) is 0.766. The Morgan fingerprint density at radius 1 is 1.33 bits per heavy atom. The van der Waals surface area contributed by atoms with Gasteiger partial charge in [-0.1, -0.05) is 30.3 Å². The molecule has 0 bridgehead atoms. The maximum absolute atomic E-state index is 11.4. The first-order valence-corrected chi connectivity index (χ1v) is 5.77. The largest absolute Gasteiger partial charge is 0.445 e. The number of ether oxygens (including phenoxy) is 2. The average Bonchev–Trinajstić information content (AvgIpc) is 2.37. The van der Waals surface area contributed by atoms with Crippen LogP contribution in [-0.4, -0.2) is 31.0 Å². The molecule has 1 aromatic rings. The standard InChI is InChI=1S/C12H15NO4S/c1-16-8-10(11(14)18)13-12(15)17-7-9-5-3-2-4-6-9/h2-6,10H,7-8H2,1H3,(H,13,15)(H,14,18)/t10-/m1/s1. The smallest absolute Gasteiger partial charge is 0.408 e. The molecule has 0 fully saturated rings. The summed E-state index contributed by atoms with van der Waals surface area (Å²) in [6.07, 6.45) is -0.677. The molecule has 5 nitrogen and oxygen atoms in total. The predicted octanol–water partition coefficient (Wildman–Crippen LogP) is 1.38. The van der Waals surface area contributed by atoms with Crippen molar-refractivity contribution >= 4 is 23.8 Å². The summed E-state index contributed by atoms with van der Waals surface area (Å²) in [6, 6.07) is 8.44. The molecule has 0 aliphatic rings. The van der Waals surface area contributed by atoms with Crippen molar-refractivity contribution in [2.75, 3.05) is 13.7 Å².